The molecule has 2 rings (SSSR count). The van der Waals surface area contributed by atoms with E-state index in [1.165, 1.54) is 12.8 Å². The zero-order chi connectivity index (χ0) is 9.10. The molecule has 0 amide bonds. The predicted molar refractivity (Wildman–Crippen MR) is 55.4 cm³/mol. The van der Waals surface area contributed by atoms with Crippen LogP contribution >= 0.6 is 0 Å². The van der Waals surface area contributed by atoms with Gasteiger partial charge in [0.1, 0.15) is 0 Å². The van der Waals surface area contributed by atoms with E-state index in [-0.39, 0.29) is 0 Å². The average Bonchev–Trinajstić information content (AvgIpc) is 2.76. The SMILES string of the molecule is C[CH]=[Ti]([C]1=CC=CC1)[C]1=CC=CC1. The molecule has 1 heteroatoms. The van der Waals surface area contributed by atoms with Gasteiger partial charge in [-0.25, -0.2) is 0 Å². The molecule has 2 aliphatic carbocycles. The molecule has 0 bridgehead atoms. The van der Waals surface area contributed by atoms with Gasteiger partial charge in [-0.2, -0.15) is 0 Å². The van der Waals surface area contributed by atoms with E-state index in [9.17, 15) is 0 Å². The summed E-state index contributed by atoms with van der Waals surface area (Å²) in [6.07, 6.45) is 16.0. The standard InChI is InChI=1S/2C5H5.C2H4.Ti/c2*1-2-4-5-3-1;1-2;/h2*1-3H,4H2;1H,2H3;. The second-order valence-corrected chi connectivity index (χ2v) is 7.55. The summed E-state index contributed by atoms with van der Waals surface area (Å²) in [5, 5.41) is 0. The maximum absolute atomic E-state index is 2.47. The molecule has 0 N–H and O–H groups in total. The van der Waals surface area contributed by atoms with Crippen LogP contribution in [0.3, 0.4) is 0 Å². The van der Waals surface area contributed by atoms with Gasteiger partial charge in [-0.15, -0.1) is 0 Å². The summed E-state index contributed by atoms with van der Waals surface area (Å²) in [6.45, 7) is 2.23. The molecule has 0 unspecified atom stereocenters. The molecule has 0 heterocycles. The van der Waals surface area contributed by atoms with E-state index in [0.29, 0.717) is 0 Å². The Hall–Kier alpha value is -0.456. The molecule has 0 aromatic carbocycles. The molecule has 0 radical (unpaired) electrons. The van der Waals surface area contributed by atoms with Gasteiger partial charge in [0.2, 0.25) is 0 Å². The third-order valence-electron chi connectivity index (χ3n) is 2.52. The Balaban J connectivity index is 2.20. The first-order valence-electron chi connectivity index (χ1n) is 4.80. The van der Waals surface area contributed by atoms with E-state index in [2.05, 4.69) is 47.7 Å². The second kappa shape index (κ2) is 4.17. The topological polar surface area (TPSA) is 0 Å². The van der Waals surface area contributed by atoms with Gasteiger partial charge in [0.05, 0.1) is 0 Å². The van der Waals surface area contributed by atoms with Gasteiger partial charge in [-0.05, 0) is 0 Å². The maximum atomic E-state index is 2.47. The minimum absolute atomic E-state index is 1.13. The van der Waals surface area contributed by atoms with Crippen LogP contribution in [0.1, 0.15) is 19.8 Å². The Morgan fingerprint density at radius 3 is 1.92 bits per heavy atom. The van der Waals surface area contributed by atoms with Crippen molar-refractivity contribution in [3.05, 3.63) is 44.2 Å². The fourth-order valence-corrected chi connectivity index (χ4v) is 5.59. The molecule has 13 heavy (non-hydrogen) atoms. The molecule has 0 aromatic rings. The van der Waals surface area contributed by atoms with Crippen LogP contribution in [0.25, 0.3) is 0 Å². The van der Waals surface area contributed by atoms with Crippen LogP contribution in [-0.2, 0) is 17.4 Å². The van der Waals surface area contributed by atoms with Crippen LogP contribution in [-0.4, -0.2) is 4.31 Å². The van der Waals surface area contributed by atoms with E-state index in [0.717, 1.165) is 0 Å². The van der Waals surface area contributed by atoms with E-state index >= 15 is 0 Å². The number of hydrogen-bond donors (Lipinski definition) is 0. The fraction of sp³-hybridized carbons (Fsp3) is 0.250. The van der Waals surface area contributed by atoms with Crippen LogP contribution in [0.15, 0.2) is 44.2 Å². The first-order chi connectivity index (χ1) is 6.42. The summed E-state index contributed by atoms with van der Waals surface area (Å²) in [4.78, 5) is 0. The van der Waals surface area contributed by atoms with Crippen molar-refractivity contribution in [2.24, 2.45) is 0 Å². The van der Waals surface area contributed by atoms with Crippen molar-refractivity contribution in [2.75, 3.05) is 0 Å². The van der Waals surface area contributed by atoms with Crippen molar-refractivity contribution in [2.45, 2.75) is 19.8 Å². The van der Waals surface area contributed by atoms with Crippen molar-refractivity contribution in [1.29, 1.82) is 0 Å². The van der Waals surface area contributed by atoms with Crippen molar-refractivity contribution in [1.82, 2.24) is 0 Å². The Kier molecular flexibility index (Phi) is 2.92. The third kappa shape index (κ3) is 1.90. The summed E-state index contributed by atoms with van der Waals surface area (Å²) in [5.74, 6) is 0. The van der Waals surface area contributed by atoms with Crippen molar-refractivity contribution < 1.29 is 17.4 Å². The molecule has 0 saturated heterocycles. The molecular formula is C12H14Ti. The van der Waals surface area contributed by atoms with Crippen molar-refractivity contribution >= 4 is 4.31 Å². The predicted octanol–water partition coefficient (Wildman–Crippen LogP) is 3.11. The van der Waals surface area contributed by atoms with E-state index in [1.54, 1.807) is 7.76 Å². The molecule has 0 spiro atoms. The molecule has 0 nitrogen and oxygen atoms in total. The van der Waals surface area contributed by atoms with Gasteiger partial charge in [0.15, 0.2) is 0 Å². The van der Waals surface area contributed by atoms with E-state index < -0.39 is 17.4 Å². The molecule has 0 fully saturated rings. The summed E-state index contributed by atoms with van der Waals surface area (Å²) in [7, 11) is 0. The van der Waals surface area contributed by atoms with Gasteiger partial charge in [-0.3, -0.25) is 0 Å². The quantitative estimate of drug-likeness (QED) is 0.609. The fourth-order valence-electron chi connectivity index (χ4n) is 1.87. The normalized spacial score (nSPS) is 18.8. The third-order valence-corrected chi connectivity index (χ3v) is 6.74. The Labute approximate surface area is 85.7 Å². The summed E-state index contributed by atoms with van der Waals surface area (Å²) in [5.41, 5.74) is 0. The van der Waals surface area contributed by atoms with Gasteiger partial charge in [0, 0.05) is 0 Å². The second-order valence-electron chi connectivity index (χ2n) is 3.35. The summed E-state index contributed by atoms with van der Waals surface area (Å²) >= 11 is -1.13. The Morgan fingerprint density at radius 2 is 1.62 bits per heavy atom. The zero-order valence-electron chi connectivity index (χ0n) is 7.96. The Bertz CT molecular complexity index is 319. The van der Waals surface area contributed by atoms with Crippen molar-refractivity contribution in [3.8, 4) is 0 Å². The monoisotopic (exact) mass is 206 g/mol. The number of allylic oxidation sites excluding steroid dienone is 8. The summed E-state index contributed by atoms with van der Waals surface area (Å²) in [6, 6.07) is 0. The number of hydrogen-bond acceptors (Lipinski definition) is 0. The van der Waals surface area contributed by atoms with Crippen LogP contribution in [0.2, 0.25) is 0 Å². The first kappa shape index (κ1) is 9.11. The van der Waals surface area contributed by atoms with Gasteiger partial charge in [0.25, 0.3) is 0 Å². The van der Waals surface area contributed by atoms with Crippen LogP contribution in [0.5, 0.6) is 0 Å². The molecule has 0 atom stereocenters. The molecule has 0 saturated carbocycles. The van der Waals surface area contributed by atoms with Crippen molar-refractivity contribution in [3.63, 3.8) is 0 Å². The number of rotatable bonds is 2. The van der Waals surface area contributed by atoms with E-state index in [4.69, 9.17) is 0 Å². The van der Waals surface area contributed by atoms with Crippen LogP contribution in [0.4, 0.5) is 0 Å². The molecule has 2 aliphatic rings. The molecular weight excluding hydrogens is 192 g/mol. The molecule has 66 valence electrons. The molecule has 0 aliphatic heterocycles. The van der Waals surface area contributed by atoms with Gasteiger partial charge in [-0.1, -0.05) is 0 Å². The van der Waals surface area contributed by atoms with Crippen LogP contribution in [0, 0.1) is 0 Å². The first-order valence-corrected chi connectivity index (χ1v) is 7.26. The average molecular weight is 206 g/mol. The Morgan fingerprint density at radius 1 is 1.08 bits per heavy atom. The minimum atomic E-state index is -1.13. The van der Waals surface area contributed by atoms with Gasteiger partial charge >= 0.3 is 85.7 Å². The van der Waals surface area contributed by atoms with E-state index in [1.807, 2.05) is 0 Å². The molecule has 0 aromatic heterocycles. The van der Waals surface area contributed by atoms with Gasteiger partial charge < -0.3 is 0 Å². The summed E-state index contributed by atoms with van der Waals surface area (Å²) < 4.78 is 5.88. The van der Waals surface area contributed by atoms with Crippen LogP contribution < -0.4 is 0 Å². The zero-order valence-corrected chi connectivity index (χ0v) is 9.52.